The third kappa shape index (κ3) is 6.48. The molecule has 1 unspecified atom stereocenters. The zero-order valence-electron chi connectivity index (χ0n) is 14.8. The average Bonchev–Trinajstić information content (AvgIpc) is 2.85. The van der Waals surface area contributed by atoms with Crippen LogP contribution in [-0.2, 0) is 9.59 Å². The van der Waals surface area contributed by atoms with E-state index in [1.54, 1.807) is 6.21 Å². The summed E-state index contributed by atoms with van der Waals surface area (Å²) >= 11 is 0. The summed E-state index contributed by atoms with van der Waals surface area (Å²) < 4.78 is 0. The molecule has 140 valence electrons. The minimum Gasteiger partial charge on any atom is -0.481 e. The van der Waals surface area contributed by atoms with Crippen LogP contribution in [0.25, 0.3) is 0 Å². The maximum Gasteiger partial charge on any atom is 0.345 e. The molecule has 0 radical (unpaired) electrons. The fraction of sp³-hybridized carbons (Fsp3) is 0.778. The molecular weight excluding hydrogens is 322 g/mol. The van der Waals surface area contributed by atoms with Crippen LogP contribution in [-0.4, -0.2) is 40.3 Å². The molecule has 1 atom stereocenters. The van der Waals surface area contributed by atoms with Gasteiger partial charge in [0.15, 0.2) is 0 Å². The number of carboxylic acid groups (broad SMARTS) is 1. The second-order valence-electron chi connectivity index (χ2n) is 7.04. The van der Waals surface area contributed by atoms with Crippen molar-refractivity contribution in [3.63, 3.8) is 0 Å². The smallest absolute Gasteiger partial charge is 0.345 e. The first-order chi connectivity index (χ1) is 12.1. The molecule has 3 amide bonds. The number of hydrogen-bond acceptors (Lipinski definition) is 4. The standard InChI is InChI=1S/C18H29N3O4/c22-16(23)11-7-2-1-6-10-15-17(24)20-18(25)21(15)19-13-12-14-8-4-3-5-9-14/h13-15H,1-12H2,(H,22,23)(H,20,24,25). The van der Waals surface area contributed by atoms with Crippen molar-refractivity contribution >= 4 is 24.1 Å². The molecule has 0 aromatic carbocycles. The van der Waals surface area contributed by atoms with Gasteiger partial charge in [0.05, 0.1) is 0 Å². The molecule has 0 bridgehead atoms. The molecule has 7 nitrogen and oxygen atoms in total. The van der Waals surface area contributed by atoms with Crippen molar-refractivity contribution in [1.29, 1.82) is 0 Å². The van der Waals surface area contributed by atoms with E-state index in [0.717, 1.165) is 25.7 Å². The maximum absolute atomic E-state index is 11.9. The first-order valence-electron chi connectivity index (χ1n) is 9.46. The van der Waals surface area contributed by atoms with Crippen LogP contribution in [0.4, 0.5) is 4.79 Å². The highest BCUT2D eigenvalue weighted by Crippen LogP contribution is 2.25. The Morgan fingerprint density at radius 2 is 1.88 bits per heavy atom. The molecule has 2 aliphatic rings. The molecule has 25 heavy (non-hydrogen) atoms. The summed E-state index contributed by atoms with van der Waals surface area (Å²) in [5.74, 6) is -0.420. The summed E-state index contributed by atoms with van der Waals surface area (Å²) in [6.07, 6.45) is 12.8. The number of carbonyl (C=O) groups excluding carboxylic acids is 2. The minimum absolute atomic E-state index is 0.181. The summed E-state index contributed by atoms with van der Waals surface area (Å²) in [5.41, 5.74) is 0. The van der Waals surface area contributed by atoms with Crippen LogP contribution in [0.2, 0.25) is 0 Å². The van der Waals surface area contributed by atoms with Crippen molar-refractivity contribution in [2.24, 2.45) is 11.0 Å². The van der Waals surface area contributed by atoms with Crippen molar-refractivity contribution in [3.8, 4) is 0 Å². The van der Waals surface area contributed by atoms with E-state index in [9.17, 15) is 14.4 Å². The van der Waals surface area contributed by atoms with E-state index in [0.29, 0.717) is 18.8 Å². The van der Waals surface area contributed by atoms with Gasteiger partial charge in [-0.3, -0.25) is 14.9 Å². The number of hydrogen-bond donors (Lipinski definition) is 2. The summed E-state index contributed by atoms with van der Waals surface area (Å²) in [4.78, 5) is 34.3. The van der Waals surface area contributed by atoms with Crippen molar-refractivity contribution < 1.29 is 19.5 Å². The number of rotatable bonds is 10. The fourth-order valence-corrected chi connectivity index (χ4v) is 3.56. The lowest BCUT2D eigenvalue weighted by Crippen LogP contribution is -2.30. The number of aliphatic carboxylic acids is 1. The maximum atomic E-state index is 11.9. The van der Waals surface area contributed by atoms with Crippen LogP contribution < -0.4 is 5.32 Å². The van der Waals surface area contributed by atoms with E-state index in [1.165, 1.54) is 37.1 Å². The van der Waals surface area contributed by atoms with Gasteiger partial charge < -0.3 is 5.11 Å². The first-order valence-corrected chi connectivity index (χ1v) is 9.46. The summed E-state index contributed by atoms with van der Waals surface area (Å²) in [7, 11) is 0. The molecule has 1 heterocycles. The molecule has 2 fully saturated rings. The largest absolute Gasteiger partial charge is 0.481 e. The van der Waals surface area contributed by atoms with Crippen molar-refractivity contribution in [2.75, 3.05) is 0 Å². The van der Waals surface area contributed by atoms with Crippen LogP contribution >= 0.6 is 0 Å². The van der Waals surface area contributed by atoms with E-state index in [4.69, 9.17) is 5.11 Å². The molecule has 0 aromatic heterocycles. The zero-order valence-corrected chi connectivity index (χ0v) is 14.8. The highest BCUT2D eigenvalue weighted by molar-refractivity contribution is 6.04. The van der Waals surface area contributed by atoms with Gasteiger partial charge in [-0.25, -0.2) is 9.80 Å². The Kier molecular flexibility index (Phi) is 7.88. The highest BCUT2D eigenvalue weighted by Gasteiger charge is 2.37. The molecule has 1 aliphatic carbocycles. The number of unbranched alkanes of at least 4 members (excludes halogenated alkanes) is 3. The van der Waals surface area contributed by atoms with Gasteiger partial charge in [-0.15, -0.1) is 0 Å². The number of nitrogens with zero attached hydrogens (tertiary/aromatic N) is 2. The Hall–Kier alpha value is -1.92. The number of carboxylic acids is 1. The Balaban J connectivity index is 1.73. The zero-order chi connectivity index (χ0) is 18.1. The topological polar surface area (TPSA) is 99.1 Å². The van der Waals surface area contributed by atoms with E-state index in [-0.39, 0.29) is 12.3 Å². The third-order valence-electron chi connectivity index (χ3n) is 5.02. The van der Waals surface area contributed by atoms with Gasteiger partial charge >= 0.3 is 12.0 Å². The number of imide groups is 1. The Morgan fingerprint density at radius 1 is 1.16 bits per heavy atom. The molecule has 1 saturated heterocycles. The summed E-state index contributed by atoms with van der Waals surface area (Å²) in [6.45, 7) is 0. The average molecular weight is 351 g/mol. The van der Waals surface area contributed by atoms with Gasteiger partial charge in [-0.1, -0.05) is 51.4 Å². The van der Waals surface area contributed by atoms with Crippen molar-refractivity contribution in [2.45, 2.75) is 83.1 Å². The van der Waals surface area contributed by atoms with Gasteiger partial charge in [0.2, 0.25) is 0 Å². The third-order valence-corrected chi connectivity index (χ3v) is 5.02. The van der Waals surface area contributed by atoms with Crippen LogP contribution in [0, 0.1) is 5.92 Å². The lowest BCUT2D eigenvalue weighted by molar-refractivity contribution is -0.137. The highest BCUT2D eigenvalue weighted by atomic mass is 16.4. The molecule has 0 spiro atoms. The number of urea groups is 1. The van der Waals surface area contributed by atoms with Gasteiger partial charge in [0.25, 0.3) is 5.91 Å². The van der Waals surface area contributed by atoms with Gasteiger partial charge in [0.1, 0.15) is 6.04 Å². The molecule has 1 saturated carbocycles. The van der Waals surface area contributed by atoms with Crippen LogP contribution in [0.5, 0.6) is 0 Å². The predicted molar refractivity (Wildman–Crippen MR) is 94.2 cm³/mol. The van der Waals surface area contributed by atoms with E-state index < -0.39 is 18.0 Å². The molecular formula is C18H29N3O4. The van der Waals surface area contributed by atoms with E-state index in [1.807, 2.05) is 0 Å². The fourth-order valence-electron chi connectivity index (χ4n) is 3.56. The Bertz CT molecular complexity index is 501. The SMILES string of the molecule is O=C(O)CCCCCCC1C(=O)NC(=O)N1N=CCC1CCCCC1. The predicted octanol–water partition coefficient (Wildman–Crippen LogP) is 3.29. The van der Waals surface area contributed by atoms with Gasteiger partial charge in [0, 0.05) is 12.6 Å². The van der Waals surface area contributed by atoms with Crippen molar-refractivity contribution in [1.82, 2.24) is 10.3 Å². The summed E-state index contributed by atoms with van der Waals surface area (Å²) in [5, 5.41) is 16.5. The second-order valence-corrected chi connectivity index (χ2v) is 7.04. The van der Waals surface area contributed by atoms with E-state index >= 15 is 0 Å². The molecule has 1 aliphatic heterocycles. The van der Waals surface area contributed by atoms with Crippen LogP contribution in [0.1, 0.15) is 77.0 Å². The normalized spacial score (nSPS) is 21.9. The molecule has 2 rings (SSSR count). The lowest BCUT2D eigenvalue weighted by atomic mass is 9.87. The van der Waals surface area contributed by atoms with Gasteiger partial charge in [-0.2, -0.15) is 5.10 Å². The van der Waals surface area contributed by atoms with Gasteiger partial charge in [-0.05, 0) is 25.2 Å². The molecule has 0 aromatic rings. The lowest BCUT2D eigenvalue weighted by Gasteiger charge is -2.20. The van der Waals surface area contributed by atoms with Crippen LogP contribution in [0.3, 0.4) is 0 Å². The molecule has 7 heteroatoms. The number of amides is 3. The monoisotopic (exact) mass is 351 g/mol. The number of carbonyl (C=O) groups is 3. The van der Waals surface area contributed by atoms with Crippen molar-refractivity contribution in [3.05, 3.63) is 0 Å². The number of hydrazone groups is 1. The number of nitrogens with one attached hydrogen (secondary N) is 1. The summed E-state index contributed by atoms with van der Waals surface area (Å²) in [6, 6.07) is -0.977. The minimum atomic E-state index is -0.778. The van der Waals surface area contributed by atoms with Crippen LogP contribution in [0.15, 0.2) is 5.10 Å². The Labute approximate surface area is 148 Å². The van der Waals surface area contributed by atoms with E-state index in [2.05, 4.69) is 10.4 Å². The molecule has 2 N–H and O–H groups in total. The Morgan fingerprint density at radius 3 is 2.60 bits per heavy atom. The second kappa shape index (κ2) is 10.2. The first kappa shape index (κ1) is 19.4. The quantitative estimate of drug-likeness (QED) is 0.358.